The SMILES string of the molecule is CC(c1cc(F)ccc1F)N(C)CC(=O)Nc1ccc(OC(F)(F)F)cc1. The van der Waals surface area contributed by atoms with Crippen molar-refractivity contribution in [2.45, 2.75) is 19.3 Å². The number of nitrogens with zero attached hydrogens (tertiary/aromatic N) is 1. The smallest absolute Gasteiger partial charge is 0.406 e. The third-order valence-corrected chi connectivity index (χ3v) is 3.83. The maximum atomic E-state index is 13.8. The van der Waals surface area contributed by atoms with Crippen molar-refractivity contribution >= 4 is 11.6 Å². The van der Waals surface area contributed by atoms with Crippen LogP contribution in [0.2, 0.25) is 0 Å². The van der Waals surface area contributed by atoms with E-state index in [0.717, 1.165) is 30.3 Å². The number of rotatable bonds is 6. The summed E-state index contributed by atoms with van der Waals surface area (Å²) < 4.78 is 67.2. The summed E-state index contributed by atoms with van der Waals surface area (Å²) in [4.78, 5) is 13.6. The molecule has 0 heterocycles. The number of amides is 1. The van der Waals surface area contributed by atoms with E-state index in [4.69, 9.17) is 0 Å². The molecule has 2 rings (SSSR count). The molecule has 0 aliphatic rings. The summed E-state index contributed by atoms with van der Waals surface area (Å²) in [7, 11) is 1.56. The molecule has 0 aliphatic carbocycles. The van der Waals surface area contributed by atoms with E-state index in [9.17, 15) is 26.7 Å². The van der Waals surface area contributed by atoms with Gasteiger partial charge in [0.05, 0.1) is 6.54 Å². The third kappa shape index (κ3) is 6.21. The molecule has 2 aromatic rings. The van der Waals surface area contributed by atoms with Gasteiger partial charge in [0, 0.05) is 17.3 Å². The molecule has 27 heavy (non-hydrogen) atoms. The lowest BCUT2D eigenvalue weighted by Gasteiger charge is -2.25. The molecule has 1 unspecified atom stereocenters. The van der Waals surface area contributed by atoms with Crippen LogP contribution in [0.25, 0.3) is 0 Å². The highest BCUT2D eigenvalue weighted by Crippen LogP contribution is 2.25. The summed E-state index contributed by atoms with van der Waals surface area (Å²) in [6.45, 7) is 1.48. The largest absolute Gasteiger partial charge is 0.573 e. The zero-order valence-corrected chi connectivity index (χ0v) is 14.5. The van der Waals surface area contributed by atoms with Crippen LogP contribution in [0.4, 0.5) is 27.6 Å². The summed E-state index contributed by atoms with van der Waals surface area (Å²) in [5, 5.41) is 2.51. The number of likely N-dealkylation sites (N-methyl/N-ethyl adjacent to an activating group) is 1. The summed E-state index contributed by atoms with van der Waals surface area (Å²) in [5.41, 5.74) is 0.381. The van der Waals surface area contributed by atoms with Gasteiger partial charge in [-0.15, -0.1) is 13.2 Å². The van der Waals surface area contributed by atoms with Crippen molar-refractivity contribution < 1.29 is 31.5 Å². The molecule has 0 saturated heterocycles. The fraction of sp³-hybridized carbons (Fsp3) is 0.278. The molecular formula is C18H17F5N2O2. The highest BCUT2D eigenvalue weighted by Gasteiger charge is 2.31. The van der Waals surface area contributed by atoms with Crippen LogP contribution in [0.5, 0.6) is 5.75 Å². The number of hydrogen-bond acceptors (Lipinski definition) is 3. The van der Waals surface area contributed by atoms with Crippen LogP contribution in [0.1, 0.15) is 18.5 Å². The Labute approximate surface area is 152 Å². The van der Waals surface area contributed by atoms with Gasteiger partial charge in [0.1, 0.15) is 17.4 Å². The van der Waals surface area contributed by atoms with E-state index in [0.29, 0.717) is 0 Å². The van der Waals surface area contributed by atoms with Crippen LogP contribution in [-0.2, 0) is 4.79 Å². The topological polar surface area (TPSA) is 41.6 Å². The number of ether oxygens (including phenoxy) is 1. The summed E-state index contributed by atoms with van der Waals surface area (Å²) in [6.07, 6.45) is -4.80. The molecule has 0 aliphatic heterocycles. The number of alkyl halides is 3. The Kier molecular flexibility index (Phi) is 6.37. The first-order valence-electron chi connectivity index (χ1n) is 7.86. The summed E-state index contributed by atoms with van der Waals surface area (Å²) in [6, 6.07) is 7.16. The van der Waals surface area contributed by atoms with Gasteiger partial charge in [-0.2, -0.15) is 0 Å². The fourth-order valence-corrected chi connectivity index (χ4v) is 2.38. The van der Waals surface area contributed by atoms with Crippen molar-refractivity contribution in [3.63, 3.8) is 0 Å². The third-order valence-electron chi connectivity index (χ3n) is 3.83. The van der Waals surface area contributed by atoms with Gasteiger partial charge >= 0.3 is 6.36 Å². The minimum Gasteiger partial charge on any atom is -0.406 e. The maximum absolute atomic E-state index is 13.8. The van der Waals surface area contributed by atoms with E-state index in [2.05, 4.69) is 10.1 Å². The summed E-state index contributed by atoms with van der Waals surface area (Å²) >= 11 is 0. The molecule has 1 atom stereocenters. The Morgan fingerprint density at radius 1 is 1.15 bits per heavy atom. The second-order valence-corrected chi connectivity index (χ2v) is 5.88. The minimum atomic E-state index is -4.80. The van der Waals surface area contributed by atoms with Crippen LogP contribution < -0.4 is 10.1 Å². The Balaban J connectivity index is 1.95. The average molecular weight is 388 g/mol. The van der Waals surface area contributed by atoms with Crippen LogP contribution in [0, 0.1) is 11.6 Å². The molecule has 0 saturated carbocycles. The maximum Gasteiger partial charge on any atom is 0.573 e. The number of anilines is 1. The molecule has 0 radical (unpaired) electrons. The van der Waals surface area contributed by atoms with Crippen LogP contribution >= 0.6 is 0 Å². The van der Waals surface area contributed by atoms with E-state index < -0.39 is 35.7 Å². The molecule has 146 valence electrons. The van der Waals surface area contributed by atoms with Crippen molar-refractivity contribution in [3.8, 4) is 5.75 Å². The number of nitrogens with one attached hydrogen (secondary N) is 1. The lowest BCUT2D eigenvalue weighted by atomic mass is 10.1. The van der Waals surface area contributed by atoms with Gasteiger partial charge in [-0.05, 0) is 56.4 Å². The van der Waals surface area contributed by atoms with Gasteiger partial charge in [0.15, 0.2) is 0 Å². The monoisotopic (exact) mass is 388 g/mol. The molecule has 0 bridgehead atoms. The predicted molar refractivity (Wildman–Crippen MR) is 89.2 cm³/mol. The van der Waals surface area contributed by atoms with E-state index in [-0.39, 0.29) is 17.8 Å². The zero-order chi connectivity index (χ0) is 20.2. The number of carbonyl (C=O) groups is 1. The van der Waals surface area contributed by atoms with Gasteiger partial charge in [0.2, 0.25) is 5.91 Å². The quantitative estimate of drug-likeness (QED) is 0.742. The highest BCUT2D eigenvalue weighted by molar-refractivity contribution is 5.92. The molecule has 0 fully saturated rings. The van der Waals surface area contributed by atoms with Gasteiger partial charge in [0.25, 0.3) is 0 Å². The first kappa shape index (κ1) is 20.6. The van der Waals surface area contributed by atoms with Gasteiger partial charge in [-0.3, -0.25) is 9.69 Å². The lowest BCUT2D eigenvalue weighted by molar-refractivity contribution is -0.274. The molecule has 4 nitrogen and oxygen atoms in total. The number of halogens is 5. The Bertz CT molecular complexity index is 793. The first-order valence-corrected chi connectivity index (χ1v) is 7.86. The van der Waals surface area contributed by atoms with E-state index in [1.807, 2.05) is 0 Å². The molecule has 1 amide bonds. The molecule has 0 spiro atoms. The van der Waals surface area contributed by atoms with Crippen molar-refractivity contribution in [1.29, 1.82) is 0 Å². The van der Waals surface area contributed by atoms with Crippen molar-refractivity contribution in [2.24, 2.45) is 0 Å². The zero-order valence-electron chi connectivity index (χ0n) is 14.5. The highest BCUT2D eigenvalue weighted by atomic mass is 19.4. The van der Waals surface area contributed by atoms with Crippen LogP contribution in [0.3, 0.4) is 0 Å². The Morgan fingerprint density at radius 3 is 2.37 bits per heavy atom. The van der Waals surface area contributed by atoms with Gasteiger partial charge in [-0.1, -0.05) is 0 Å². The summed E-state index contributed by atoms with van der Waals surface area (Å²) in [5.74, 6) is -2.05. The standard InChI is InChI=1S/C18H17F5N2O2/c1-11(15-9-12(19)3-8-16(15)20)25(2)10-17(26)24-13-4-6-14(7-5-13)27-18(21,22)23/h3-9,11H,10H2,1-2H3,(H,24,26). The fourth-order valence-electron chi connectivity index (χ4n) is 2.38. The molecule has 0 aromatic heterocycles. The minimum absolute atomic E-state index is 0.110. The molecular weight excluding hydrogens is 371 g/mol. The molecule has 2 aromatic carbocycles. The normalized spacial score (nSPS) is 12.7. The number of carbonyl (C=O) groups excluding carboxylic acids is 1. The molecule has 9 heteroatoms. The van der Waals surface area contributed by atoms with Crippen LogP contribution in [-0.4, -0.2) is 30.8 Å². The van der Waals surface area contributed by atoms with Gasteiger partial charge < -0.3 is 10.1 Å². The van der Waals surface area contributed by atoms with Crippen molar-refractivity contribution in [3.05, 3.63) is 59.7 Å². The predicted octanol–water partition coefficient (Wildman–Crippen LogP) is 4.49. The molecule has 1 N–H and O–H groups in total. The van der Waals surface area contributed by atoms with Crippen molar-refractivity contribution in [1.82, 2.24) is 4.90 Å². The second kappa shape index (κ2) is 8.34. The first-order chi connectivity index (χ1) is 12.5. The van der Waals surface area contributed by atoms with Crippen molar-refractivity contribution in [2.75, 3.05) is 18.9 Å². The Morgan fingerprint density at radius 2 is 1.78 bits per heavy atom. The number of hydrogen-bond donors (Lipinski definition) is 1. The van der Waals surface area contributed by atoms with E-state index in [1.165, 1.54) is 17.0 Å². The van der Waals surface area contributed by atoms with Gasteiger partial charge in [-0.25, -0.2) is 8.78 Å². The number of benzene rings is 2. The Hall–Kier alpha value is -2.68. The van der Waals surface area contributed by atoms with Crippen LogP contribution in [0.15, 0.2) is 42.5 Å². The van der Waals surface area contributed by atoms with E-state index >= 15 is 0 Å². The average Bonchev–Trinajstić information content (AvgIpc) is 2.56. The second-order valence-electron chi connectivity index (χ2n) is 5.88. The van der Waals surface area contributed by atoms with E-state index in [1.54, 1.807) is 14.0 Å². The lowest BCUT2D eigenvalue weighted by Crippen LogP contribution is -2.32.